The summed E-state index contributed by atoms with van der Waals surface area (Å²) in [4.78, 5) is 25.9. The van der Waals surface area contributed by atoms with Crippen LogP contribution in [0.5, 0.6) is 0 Å². The van der Waals surface area contributed by atoms with Crippen LogP contribution in [0.2, 0.25) is 0 Å². The van der Waals surface area contributed by atoms with Crippen LogP contribution in [0.3, 0.4) is 0 Å². The smallest absolute Gasteiger partial charge is 0.341 e. The topological polar surface area (TPSA) is 78.7 Å². The first-order valence-corrected chi connectivity index (χ1v) is 5.43. The molecule has 0 aliphatic carbocycles. The normalized spacial score (nSPS) is 10.3. The molecule has 1 heterocycles. The van der Waals surface area contributed by atoms with E-state index in [0.29, 0.717) is 11.5 Å². The Hall–Kier alpha value is -2.05. The maximum absolute atomic E-state index is 11.6. The predicted octanol–water partition coefficient (Wildman–Crippen LogP) is -0.0489. The second kappa shape index (κ2) is 5.07. The van der Waals surface area contributed by atoms with Crippen molar-refractivity contribution < 1.29 is 14.7 Å². The van der Waals surface area contributed by atoms with Crippen LogP contribution in [0, 0.1) is 6.92 Å². The summed E-state index contributed by atoms with van der Waals surface area (Å²) in [5.74, 6) is -0.720. The second-order valence-electron chi connectivity index (χ2n) is 4.36. The molecular weight excluding hydrogens is 236 g/mol. The van der Waals surface area contributed by atoms with E-state index in [4.69, 9.17) is 0 Å². The Bertz CT molecular complexity index is 479. The highest BCUT2D eigenvalue weighted by molar-refractivity contribution is 5.95. The number of aryl methyl sites for hydroxylation is 2. The zero-order valence-corrected chi connectivity index (χ0v) is 11.3. The number of aromatic nitrogens is 2. The van der Waals surface area contributed by atoms with Gasteiger partial charge in [-0.25, -0.2) is 4.79 Å². The van der Waals surface area contributed by atoms with Gasteiger partial charge in [-0.15, -0.1) is 0 Å². The number of carboxylic acid groups (broad SMARTS) is 1. The molecule has 0 aliphatic rings. The lowest BCUT2D eigenvalue weighted by Crippen LogP contribution is -2.35. The highest BCUT2D eigenvalue weighted by Crippen LogP contribution is 2.21. The highest BCUT2D eigenvalue weighted by atomic mass is 16.4. The van der Waals surface area contributed by atoms with Crippen LogP contribution in [-0.2, 0) is 11.8 Å². The lowest BCUT2D eigenvalue weighted by molar-refractivity contribution is -0.127. The largest absolute Gasteiger partial charge is 0.477 e. The zero-order chi connectivity index (χ0) is 14.0. The van der Waals surface area contributed by atoms with E-state index in [-0.39, 0.29) is 18.0 Å². The van der Waals surface area contributed by atoms with E-state index in [1.54, 1.807) is 40.0 Å². The molecule has 0 radical (unpaired) electrons. The molecular formula is C11H18N4O3. The quantitative estimate of drug-likeness (QED) is 0.815. The van der Waals surface area contributed by atoms with Crippen LogP contribution < -0.4 is 4.90 Å². The van der Waals surface area contributed by atoms with Crippen LogP contribution in [-0.4, -0.2) is 59.4 Å². The van der Waals surface area contributed by atoms with E-state index in [9.17, 15) is 14.7 Å². The van der Waals surface area contributed by atoms with E-state index in [1.807, 2.05) is 0 Å². The summed E-state index contributed by atoms with van der Waals surface area (Å²) in [5.41, 5.74) is 0.565. The van der Waals surface area contributed by atoms with Gasteiger partial charge >= 0.3 is 5.97 Å². The fourth-order valence-corrected chi connectivity index (χ4v) is 1.75. The maximum atomic E-state index is 11.6. The molecule has 7 nitrogen and oxygen atoms in total. The van der Waals surface area contributed by atoms with E-state index in [2.05, 4.69) is 5.10 Å². The zero-order valence-electron chi connectivity index (χ0n) is 11.3. The minimum absolute atomic E-state index is 0.103. The monoisotopic (exact) mass is 254 g/mol. The summed E-state index contributed by atoms with van der Waals surface area (Å²) in [6.07, 6.45) is 0. The number of nitrogens with zero attached hydrogens (tertiary/aromatic N) is 4. The molecule has 1 rings (SSSR count). The van der Waals surface area contributed by atoms with Crippen molar-refractivity contribution in [2.45, 2.75) is 6.92 Å². The lowest BCUT2D eigenvalue weighted by atomic mass is 10.2. The Morgan fingerprint density at radius 2 is 1.89 bits per heavy atom. The Morgan fingerprint density at radius 1 is 1.33 bits per heavy atom. The first-order valence-electron chi connectivity index (χ1n) is 5.43. The van der Waals surface area contributed by atoms with Crippen LogP contribution in [0.25, 0.3) is 0 Å². The fourth-order valence-electron chi connectivity index (χ4n) is 1.75. The number of likely N-dealkylation sites (N-methyl/N-ethyl adjacent to an activating group) is 2. The molecule has 0 saturated heterocycles. The van der Waals surface area contributed by atoms with Crippen molar-refractivity contribution in [1.82, 2.24) is 14.7 Å². The molecule has 0 spiro atoms. The molecule has 1 aromatic rings. The van der Waals surface area contributed by atoms with Gasteiger partial charge in [0, 0.05) is 28.2 Å². The molecule has 7 heteroatoms. The molecule has 0 saturated carbocycles. The molecule has 1 N–H and O–H groups in total. The van der Waals surface area contributed by atoms with Gasteiger partial charge in [0.25, 0.3) is 0 Å². The minimum Gasteiger partial charge on any atom is -0.477 e. The second-order valence-corrected chi connectivity index (χ2v) is 4.36. The summed E-state index contributed by atoms with van der Waals surface area (Å²) in [7, 11) is 6.64. The third-order valence-corrected chi connectivity index (χ3v) is 2.64. The van der Waals surface area contributed by atoms with Gasteiger partial charge in [-0.3, -0.25) is 9.48 Å². The van der Waals surface area contributed by atoms with E-state index in [1.165, 1.54) is 9.58 Å². The Labute approximate surface area is 106 Å². The lowest BCUT2D eigenvalue weighted by Gasteiger charge is -2.21. The number of carbonyl (C=O) groups excluding carboxylic acids is 1. The summed E-state index contributed by atoms with van der Waals surface area (Å²) >= 11 is 0. The van der Waals surface area contributed by atoms with Crippen molar-refractivity contribution in [1.29, 1.82) is 0 Å². The van der Waals surface area contributed by atoms with Crippen molar-refractivity contribution >= 4 is 17.7 Å². The number of anilines is 1. The molecule has 0 atom stereocenters. The third kappa shape index (κ3) is 2.61. The average Bonchev–Trinajstić information content (AvgIpc) is 2.52. The molecule has 1 aromatic heterocycles. The van der Waals surface area contributed by atoms with Crippen molar-refractivity contribution in [3.05, 3.63) is 11.3 Å². The van der Waals surface area contributed by atoms with E-state index < -0.39 is 5.97 Å². The van der Waals surface area contributed by atoms with Crippen LogP contribution in [0.15, 0.2) is 0 Å². The fraction of sp³-hybridized carbons (Fsp3) is 0.545. The molecule has 1 amide bonds. The van der Waals surface area contributed by atoms with Gasteiger partial charge in [0.2, 0.25) is 5.91 Å². The van der Waals surface area contributed by atoms with Crippen LogP contribution in [0.4, 0.5) is 5.82 Å². The van der Waals surface area contributed by atoms with Gasteiger partial charge in [0.1, 0.15) is 11.4 Å². The summed E-state index contributed by atoms with van der Waals surface area (Å²) in [6, 6.07) is 0. The number of hydrogen-bond acceptors (Lipinski definition) is 4. The van der Waals surface area contributed by atoms with Crippen molar-refractivity contribution in [2.24, 2.45) is 7.05 Å². The van der Waals surface area contributed by atoms with Crippen molar-refractivity contribution in [2.75, 3.05) is 32.6 Å². The Morgan fingerprint density at radius 3 is 2.33 bits per heavy atom. The average molecular weight is 254 g/mol. The van der Waals surface area contributed by atoms with Gasteiger partial charge < -0.3 is 14.9 Å². The third-order valence-electron chi connectivity index (χ3n) is 2.64. The number of carbonyl (C=O) groups is 2. The standard InChI is InChI=1S/C11H18N4O3/c1-7-9(11(17)18)10(15(5)12-7)14(4)6-8(16)13(2)3/h6H2,1-5H3,(H,17,18). The molecule has 0 aromatic carbocycles. The minimum atomic E-state index is -1.04. The number of carboxylic acids is 1. The summed E-state index contributed by atoms with van der Waals surface area (Å²) in [6.45, 7) is 1.74. The number of hydrogen-bond donors (Lipinski definition) is 1. The van der Waals surface area contributed by atoms with Crippen molar-refractivity contribution in [3.8, 4) is 0 Å². The molecule has 18 heavy (non-hydrogen) atoms. The molecule has 0 aliphatic heterocycles. The van der Waals surface area contributed by atoms with E-state index >= 15 is 0 Å². The Kier molecular flexibility index (Phi) is 3.95. The Balaban J connectivity index is 3.09. The molecule has 0 bridgehead atoms. The number of aromatic carboxylic acids is 1. The maximum Gasteiger partial charge on any atom is 0.341 e. The van der Waals surface area contributed by atoms with E-state index in [0.717, 1.165) is 0 Å². The first-order chi connectivity index (χ1) is 8.25. The van der Waals surface area contributed by atoms with Gasteiger partial charge in [0.05, 0.1) is 12.2 Å². The van der Waals surface area contributed by atoms with Crippen LogP contribution in [0.1, 0.15) is 16.1 Å². The molecule has 0 unspecified atom stereocenters. The number of amides is 1. The summed E-state index contributed by atoms with van der Waals surface area (Å²) < 4.78 is 1.47. The highest BCUT2D eigenvalue weighted by Gasteiger charge is 2.23. The van der Waals surface area contributed by atoms with Crippen molar-refractivity contribution in [3.63, 3.8) is 0 Å². The SMILES string of the molecule is Cc1nn(C)c(N(C)CC(=O)N(C)C)c1C(=O)O. The van der Waals surface area contributed by atoms with Crippen LogP contribution >= 0.6 is 0 Å². The van der Waals surface area contributed by atoms with Gasteiger partial charge in [-0.1, -0.05) is 0 Å². The van der Waals surface area contributed by atoms with Gasteiger partial charge in [-0.05, 0) is 6.92 Å². The molecule has 0 fully saturated rings. The van der Waals surface area contributed by atoms with Gasteiger partial charge in [0.15, 0.2) is 0 Å². The number of rotatable bonds is 4. The predicted molar refractivity (Wildman–Crippen MR) is 66.9 cm³/mol. The van der Waals surface area contributed by atoms with Gasteiger partial charge in [-0.2, -0.15) is 5.10 Å². The molecule has 100 valence electrons. The first kappa shape index (κ1) is 14.0. The summed E-state index contributed by atoms with van der Waals surface area (Å²) in [5, 5.41) is 13.3.